The molecule has 0 aliphatic rings. The number of carbonyl (C=O) groups excluding carboxylic acids is 1. The third-order valence-corrected chi connectivity index (χ3v) is 4.50. The summed E-state index contributed by atoms with van der Waals surface area (Å²) in [5.41, 5.74) is -0.280. The highest BCUT2D eigenvalue weighted by Crippen LogP contribution is 2.39. The van der Waals surface area contributed by atoms with Crippen LogP contribution in [0.4, 0.5) is 0 Å². The van der Waals surface area contributed by atoms with Gasteiger partial charge in [-0.25, -0.2) is 4.79 Å². The molecule has 0 spiro atoms. The maximum atomic E-state index is 12.3. The Bertz CT molecular complexity index is 681. The van der Waals surface area contributed by atoms with E-state index in [1.54, 1.807) is 48.5 Å². The van der Waals surface area contributed by atoms with Crippen LogP contribution >= 0.6 is 23.2 Å². The number of halogens is 2. The molecule has 1 N–H and O–H groups in total. The Labute approximate surface area is 163 Å². The van der Waals surface area contributed by atoms with Gasteiger partial charge in [0.1, 0.15) is 0 Å². The van der Waals surface area contributed by atoms with Crippen molar-refractivity contribution in [2.75, 3.05) is 13.7 Å². The molecule has 0 heterocycles. The Kier molecular flexibility index (Phi) is 7.07. The molecule has 26 heavy (non-hydrogen) atoms. The predicted octanol–water partition coefficient (Wildman–Crippen LogP) is 4.44. The lowest BCUT2D eigenvalue weighted by molar-refractivity contribution is -0.172. The molecule has 0 radical (unpaired) electrons. The quantitative estimate of drug-likeness (QED) is 0.702. The monoisotopic (exact) mass is 396 g/mol. The molecule has 140 valence electrons. The van der Waals surface area contributed by atoms with Gasteiger partial charge in [-0.3, -0.25) is 0 Å². The topological polar surface area (TPSA) is 55.8 Å². The number of esters is 1. The zero-order valence-electron chi connectivity index (χ0n) is 14.9. The smallest absolute Gasteiger partial charge is 0.338 e. The molecular formula is C20H22Cl2O4. The van der Waals surface area contributed by atoms with Crippen LogP contribution in [-0.2, 0) is 19.9 Å². The highest BCUT2D eigenvalue weighted by atomic mass is 35.5. The number of ether oxygens (including phenoxy) is 2. The summed E-state index contributed by atoms with van der Waals surface area (Å²) in [6.07, 6.45) is -1.58. The first-order chi connectivity index (χ1) is 12.3. The fourth-order valence-electron chi connectivity index (χ4n) is 2.70. The lowest BCUT2D eigenvalue weighted by atomic mass is 9.81. The molecule has 0 aromatic heterocycles. The van der Waals surface area contributed by atoms with Crippen molar-refractivity contribution >= 4 is 29.2 Å². The molecule has 6 heteroatoms. The number of hydrogen-bond donors (Lipinski definition) is 1. The second kappa shape index (κ2) is 8.87. The largest absolute Gasteiger partial charge is 0.467 e. The van der Waals surface area contributed by atoms with Crippen LogP contribution in [0.2, 0.25) is 10.0 Å². The van der Waals surface area contributed by atoms with Gasteiger partial charge in [0, 0.05) is 10.0 Å². The summed E-state index contributed by atoms with van der Waals surface area (Å²) < 4.78 is 11.0. The van der Waals surface area contributed by atoms with Gasteiger partial charge in [-0.2, -0.15) is 0 Å². The maximum Gasteiger partial charge on any atom is 0.338 e. The van der Waals surface area contributed by atoms with Gasteiger partial charge in [-0.05, 0) is 41.3 Å². The Morgan fingerprint density at radius 3 is 1.77 bits per heavy atom. The minimum atomic E-state index is -1.58. The van der Waals surface area contributed by atoms with Gasteiger partial charge in [0.15, 0.2) is 11.7 Å². The molecule has 0 aliphatic heterocycles. The van der Waals surface area contributed by atoms with Crippen LogP contribution in [0.15, 0.2) is 48.5 Å². The number of rotatable bonds is 7. The van der Waals surface area contributed by atoms with Gasteiger partial charge < -0.3 is 14.6 Å². The van der Waals surface area contributed by atoms with E-state index in [1.165, 1.54) is 7.11 Å². The van der Waals surface area contributed by atoms with Gasteiger partial charge >= 0.3 is 5.97 Å². The molecular weight excluding hydrogens is 375 g/mol. The van der Waals surface area contributed by atoms with Crippen molar-refractivity contribution in [3.8, 4) is 0 Å². The van der Waals surface area contributed by atoms with Gasteiger partial charge in [-0.1, -0.05) is 61.3 Å². The van der Waals surface area contributed by atoms with Crippen LogP contribution in [0.5, 0.6) is 0 Å². The number of hydrogen-bond acceptors (Lipinski definition) is 4. The van der Waals surface area contributed by atoms with Crippen LogP contribution in [0.3, 0.4) is 0 Å². The van der Waals surface area contributed by atoms with Crippen molar-refractivity contribution in [2.45, 2.75) is 25.6 Å². The van der Waals surface area contributed by atoms with Crippen molar-refractivity contribution in [3.63, 3.8) is 0 Å². The molecule has 2 aromatic rings. The molecule has 0 bridgehead atoms. The van der Waals surface area contributed by atoms with Gasteiger partial charge in [-0.15, -0.1) is 0 Å². The number of aliphatic hydroxyl groups is 1. The molecule has 2 aromatic carbocycles. The fraction of sp³-hybridized carbons (Fsp3) is 0.350. The lowest BCUT2D eigenvalue weighted by Gasteiger charge is -2.38. The van der Waals surface area contributed by atoms with Crippen LogP contribution in [0.1, 0.15) is 25.0 Å². The first-order valence-corrected chi connectivity index (χ1v) is 8.98. The second-order valence-corrected chi connectivity index (χ2v) is 7.25. The summed E-state index contributed by atoms with van der Waals surface area (Å²) in [6.45, 7) is 4.29. The highest BCUT2D eigenvalue weighted by molar-refractivity contribution is 6.30. The zero-order chi connectivity index (χ0) is 19.3. The van der Waals surface area contributed by atoms with E-state index in [-0.39, 0.29) is 5.92 Å². The average Bonchev–Trinajstić information content (AvgIpc) is 2.63. The van der Waals surface area contributed by atoms with Crippen molar-refractivity contribution < 1.29 is 19.4 Å². The van der Waals surface area contributed by atoms with Crippen LogP contribution in [0, 0.1) is 5.92 Å². The van der Waals surface area contributed by atoms with E-state index in [0.717, 1.165) is 0 Å². The third kappa shape index (κ3) is 4.38. The summed E-state index contributed by atoms with van der Waals surface area (Å²) >= 11 is 12.0. The Morgan fingerprint density at radius 1 is 1.00 bits per heavy atom. The fourth-order valence-corrected chi connectivity index (χ4v) is 2.95. The maximum absolute atomic E-state index is 12.3. The van der Waals surface area contributed by atoms with Crippen molar-refractivity contribution in [1.29, 1.82) is 0 Å². The van der Waals surface area contributed by atoms with Crippen LogP contribution < -0.4 is 0 Å². The molecule has 0 amide bonds. The molecule has 0 saturated carbocycles. The number of benzene rings is 2. The Balaban J connectivity index is 2.70. The lowest BCUT2D eigenvalue weighted by Crippen LogP contribution is -2.48. The van der Waals surface area contributed by atoms with Crippen molar-refractivity contribution in [3.05, 3.63) is 69.7 Å². The second-order valence-electron chi connectivity index (χ2n) is 6.38. The van der Waals surface area contributed by atoms with Crippen LogP contribution in [0.25, 0.3) is 0 Å². The molecule has 2 rings (SSSR count). The SMILES string of the molecule is COC(=O)C(O)C(OCC(C)C)(c1ccc(Cl)cc1)c1ccc(Cl)cc1. The van der Waals surface area contributed by atoms with E-state index in [9.17, 15) is 9.90 Å². The number of carbonyl (C=O) groups is 1. The van der Waals surface area contributed by atoms with Crippen molar-refractivity contribution in [2.24, 2.45) is 5.92 Å². The molecule has 0 fully saturated rings. The zero-order valence-corrected chi connectivity index (χ0v) is 16.4. The van der Waals surface area contributed by atoms with Crippen LogP contribution in [-0.4, -0.2) is 30.9 Å². The molecule has 1 atom stereocenters. The molecule has 4 nitrogen and oxygen atoms in total. The minimum absolute atomic E-state index is 0.179. The van der Waals surface area contributed by atoms with E-state index in [2.05, 4.69) is 0 Å². The highest BCUT2D eigenvalue weighted by Gasteiger charge is 2.47. The van der Waals surface area contributed by atoms with Gasteiger partial charge in [0.2, 0.25) is 0 Å². The van der Waals surface area contributed by atoms with E-state index in [0.29, 0.717) is 27.8 Å². The number of methoxy groups -OCH3 is 1. The summed E-state index contributed by atoms with van der Waals surface area (Å²) in [4.78, 5) is 12.3. The van der Waals surface area contributed by atoms with Gasteiger partial charge in [0.25, 0.3) is 0 Å². The predicted molar refractivity (Wildman–Crippen MR) is 102 cm³/mol. The van der Waals surface area contributed by atoms with E-state index >= 15 is 0 Å². The summed E-state index contributed by atoms with van der Waals surface area (Å²) in [5.74, 6) is -0.613. The summed E-state index contributed by atoms with van der Waals surface area (Å²) in [5, 5.41) is 12.0. The average molecular weight is 397 g/mol. The first-order valence-electron chi connectivity index (χ1n) is 8.23. The summed E-state index contributed by atoms with van der Waals surface area (Å²) in [7, 11) is 1.22. The van der Waals surface area contributed by atoms with E-state index in [1.807, 2.05) is 13.8 Å². The normalized spacial score (nSPS) is 12.9. The van der Waals surface area contributed by atoms with E-state index in [4.69, 9.17) is 32.7 Å². The summed E-state index contributed by atoms with van der Waals surface area (Å²) in [6, 6.07) is 13.6. The molecule has 1 unspecified atom stereocenters. The van der Waals surface area contributed by atoms with E-state index < -0.39 is 17.7 Å². The Hall–Kier alpha value is -1.59. The minimum Gasteiger partial charge on any atom is -0.467 e. The standard InChI is InChI=1S/C20H22Cl2O4/c1-13(2)12-26-20(18(23)19(24)25-3,14-4-8-16(21)9-5-14)15-6-10-17(22)11-7-15/h4-11,13,18,23H,12H2,1-3H3. The Morgan fingerprint density at radius 2 is 1.42 bits per heavy atom. The van der Waals surface area contributed by atoms with Gasteiger partial charge in [0.05, 0.1) is 13.7 Å². The molecule has 0 aliphatic carbocycles. The molecule has 0 saturated heterocycles. The third-order valence-electron chi connectivity index (χ3n) is 4.00. The first kappa shape index (κ1) is 20.7. The van der Waals surface area contributed by atoms with Crippen molar-refractivity contribution in [1.82, 2.24) is 0 Å². The number of aliphatic hydroxyl groups excluding tert-OH is 1.